The fourth-order valence-electron chi connectivity index (χ4n) is 2.08. The van der Waals surface area contributed by atoms with Crippen LogP contribution in [0.1, 0.15) is 24.6 Å². The fourth-order valence-corrected chi connectivity index (χ4v) is 2.08. The van der Waals surface area contributed by atoms with Gasteiger partial charge in [-0.05, 0) is 12.8 Å². The van der Waals surface area contributed by atoms with Crippen molar-refractivity contribution in [3.05, 3.63) is 29.0 Å². The monoisotopic (exact) mass is 223 g/mol. The molecule has 1 saturated heterocycles. The molecule has 5 heteroatoms. The van der Waals surface area contributed by atoms with Crippen LogP contribution in [0.3, 0.4) is 0 Å². The van der Waals surface area contributed by atoms with Gasteiger partial charge >= 0.3 is 5.69 Å². The highest BCUT2D eigenvalue weighted by Gasteiger charge is 2.22. The molecule has 0 saturated carbocycles. The van der Waals surface area contributed by atoms with Crippen LogP contribution in [0.4, 0.5) is 0 Å². The van der Waals surface area contributed by atoms with Gasteiger partial charge in [-0.25, -0.2) is 9.48 Å². The third-order valence-corrected chi connectivity index (χ3v) is 2.93. The molecule has 1 aliphatic rings. The molecule has 2 heterocycles. The van der Waals surface area contributed by atoms with Crippen molar-refractivity contribution in [2.45, 2.75) is 25.3 Å². The molecule has 1 aromatic heterocycles. The van der Waals surface area contributed by atoms with E-state index in [0.29, 0.717) is 12.5 Å². The number of aromatic nitrogens is 3. The highest BCUT2D eigenvalue weighted by Crippen LogP contribution is 2.24. The molecule has 0 aliphatic carbocycles. The molecule has 5 nitrogen and oxygen atoms in total. The van der Waals surface area contributed by atoms with Crippen LogP contribution in [0, 0.1) is 0 Å². The number of allylic oxidation sites excluding steroid dienone is 1. The summed E-state index contributed by atoms with van der Waals surface area (Å²) in [5, 5.41) is 4.32. The maximum absolute atomic E-state index is 11.8. The van der Waals surface area contributed by atoms with Crippen LogP contribution >= 0.6 is 0 Å². The summed E-state index contributed by atoms with van der Waals surface area (Å²) in [7, 11) is 1.69. The first-order valence-electron chi connectivity index (χ1n) is 5.56. The van der Waals surface area contributed by atoms with Crippen molar-refractivity contribution >= 4 is 0 Å². The van der Waals surface area contributed by atoms with Crippen LogP contribution in [0.5, 0.6) is 0 Å². The Balaban J connectivity index is 2.34. The van der Waals surface area contributed by atoms with E-state index < -0.39 is 0 Å². The zero-order valence-electron chi connectivity index (χ0n) is 9.56. The molecule has 0 bridgehead atoms. The van der Waals surface area contributed by atoms with E-state index in [0.717, 1.165) is 31.9 Å². The predicted molar refractivity (Wildman–Crippen MR) is 60.5 cm³/mol. The minimum absolute atomic E-state index is 0.0682. The van der Waals surface area contributed by atoms with E-state index in [9.17, 15) is 4.79 Å². The zero-order valence-corrected chi connectivity index (χ0v) is 9.56. The Morgan fingerprint density at radius 1 is 1.56 bits per heavy atom. The van der Waals surface area contributed by atoms with E-state index in [-0.39, 0.29) is 5.69 Å². The van der Waals surface area contributed by atoms with Gasteiger partial charge in [0.1, 0.15) is 5.82 Å². The molecule has 0 amide bonds. The van der Waals surface area contributed by atoms with E-state index in [1.165, 1.54) is 4.68 Å². The van der Waals surface area contributed by atoms with Gasteiger partial charge in [0.25, 0.3) is 0 Å². The van der Waals surface area contributed by atoms with Gasteiger partial charge in [-0.2, -0.15) is 5.10 Å². The summed E-state index contributed by atoms with van der Waals surface area (Å²) >= 11 is 0. The number of nitrogens with zero attached hydrogens (tertiary/aromatic N) is 3. The summed E-state index contributed by atoms with van der Waals surface area (Å²) in [5.41, 5.74) is -0.0682. The van der Waals surface area contributed by atoms with Crippen molar-refractivity contribution in [2.24, 2.45) is 7.05 Å². The number of hydrogen-bond donors (Lipinski definition) is 0. The molecule has 0 unspecified atom stereocenters. The van der Waals surface area contributed by atoms with Gasteiger partial charge in [-0.15, -0.1) is 6.58 Å². The normalized spacial score (nSPS) is 17.6. The summed E-state index contributed by atoms with van der Waals surface area (Å²) in [5.74, 6) is 1.21. The maximum atomic E-state index is 11.8. The zero-order chi connectivity index (χ0) is 11.5. The second-order valence-corrected chi connectivity index (χ2v) is 4.05. The summed E-state index contributed by atoms with van der Waals surface area (Å²) in [6.45, 7) is 5.71. The third kappa shape index (κ3) is 1.95. The number of aryl methyl sites for hydroxylation is 1. The van der Waals surface area contributed by atoms with E-state index in [2.05, 4.69) is 11.7 Å². The van der Waals surface area contributed by atoms with Crippen molar-refractivity contribution in [1.82, 2.24) is 14.3 Å². The van der Waals surface area contributed by atoms with Crippen molar-refractivity contribution in [2.75, 3.05) is 13.2 Å². The molecular weight excluding hydrogens is 206 g/mol. The lowest BCUT2D eigenvalue weighted by molar-refractivity contribution is 0.0827. The molecule has 1 aromatic rings. The highest BCUT2D eigenvalue weighted by molar-refractivity contribution is 4.99. The van der Waals surface area contributed by atoms with Gasteiger partial charge in [0.15, 0.2) is 0 Å². The Morgan fingerprint density at radius 2 is 2.25 bits per heavy atom. The van der Waals surface area contributed by atoms with Crippen LogP contribution < -0.4 is 5.69 Å². The first kappa shape index (κ1) is 11.1. The summed E-state index contributed by atoms with van der Waals surface area (Å²) < 4.78 is 8.41. The van der Waals surface area contributed by atoms with Crippen LogP contribution in [0.25, 0.3) is 0 Å². The maximum Gasteiger partial charge on any atom is 0.345 e. The van der Waals surface area contributed by atoms with Gasteiger partial charge in [0, 0.05) is 32.7 Å². The standard InChI is InChI=1S/C11H17N3O2/c1-3-6-14-10(12-13(2)11(14)15)9-4-7-16-8-5-9/h3,9H,1,4-8H2,2H3. The predicted octanol–water partition coefficient (Wildman–Crippen LogP) is 0.662. The minimum atomic E-state index is -0.0682. The van der Waals surface area contributed by atoms with Crippen molar-refractivity contribution < 1.29 is 4.74 Å². The van der Waals surface area contributed by atoms with Gasteiger partial charge in [-0.3, -0.25) is 4.57 Å². The van der Waals surface area contributed by atoms with E-state index in [1.807, 2.05) is 0 Å². The summed E-state index contributed by atoms with van der Waals surface area (Å²) in [4.78, 5) is 11.8. The summed E-state index contributed by atoms with van der Waals surface area (Å²) in [6.07, 6.45) is 3.60. The quantitative estimate of drug-likeness (QED) is 0.707. The SMILES string of the molecule is C=CCn1c(C2CCOCC2)nn(C)c1=O. The van der Waals surface area contributed by atoms with E-state index in [4.69, 9.17) is 4.74 Å². The van der Waals surface area contributed by atoms with Crippen LogP contribution in [0.15, 0.2) is 17.4 Å². The molecule has 0 radical (unpaired) electrons. The molecular formula is C11H17N3O2. The van der Waals surface area contributed by atoms with Crippen LogP contribution in [-0.2, 0) is 18.3 Å². The number of ether oxygens (including phenoxy) is 1. The van der Waals surface area contributed by atoms with Crippen molar-refractivity contribution in [1.29, 1.82) is 0 Å². The molecule has 0 aromatic carbocycles. The number of hydrogen-bond acceptors (Lipinski definition) is 3. The first-order chi connectivity index (χ1) is 7.74. The Labute approximate surface area is 94.3 Å². The lowest BCUT2D eigenvalue weighted by Crippen LogP contribution is -2.25. The third-order valence-electron chi connectivity index (χ3n) is 2.93. The average Bonchev–Trinajstić information content (AvgIpc) is 2.59. The largest absolute Gasteiger partial charge is 0.381 e. The topological polar surface area (TPSA) is 49.0 Å². The lowest BCUT2D eigenvalue weighted by atomic mass is 9.99. The molecule has 2 rings (SSSR count). The summed E-state index contributed by atoms with van der Waals surface area (Å²) in [6, 6.07) is 0. The highest BCUT2D eigenvalue weighted by atomic mass is 16.5. The van der Waals surface area contributed by atoms with Gasteiger partial charge < -0.3 is 4.74 Å². The van der Waals surface area contributed by atoms with Crippen LogP contribution in [-0.4, -0.2) is 27.6 Å². The average molecular weight is 223 g/mol. The Hall–Kier alpha value is -1.36. The minimum Gasteiger partial charge on any atom is -0.381 e. The molecule has 1 fully saturated rings. The molecule has 0 atom stereocenters. The van der Waals surface area contributed by atoms with E-state index in [1.54, 1.807) is 17.7 Å². The fraction of sp³-hybridized carbons (Fsp3) is 0.636. The smallest absolute Gasteiger partial charge is 0.345 e. The molecule has 0 N–H and O–H groups in total. The molecule has 0 spiro atoms. The molecule has 16 heavy (non-hydrogen) atoms. The van der Waals surface area contributed by atoms with Crippen molar-refractivity contribution in [3.63, 3.8) is 0 Å². The Morgan fingerprint density at radius 3 is 2.88 bits per heavy atom. The second-order valence-electron chi connectivity index (χ2n) is 4.05. The molecule has 88 valence electrons. The van der Waals surface area contributed by atoms with Gasteiger partial charge in [0.2, 0.25) is 0 Å². The second kappa shape index (κ2) is 4.65. The first-order valence-corrected chi connectivity index (χ1v) is 5.56. The lowest BCUT2D eigenvalue weighted by Gasteiger charge is -2.21. The van der Waals surface area contributed by atoms with E-state index >= 15 is 0 Å². The Bertz CT molecular complexity index is 427. The Kier molecular flexibility index (Phi) is 3.24. The van der Waals surface area contributed by atoms with Gasteiger partial charge in [0.05, 0.1) is 0 Å². The van der Waals surface area contributed by atoms with Crippen molar-refractivity contribution in [3.8, 4) is 0 Å². The van der Waals surface area contributed by atoms with Crippen LogP contribution in [0.2, 0.25) is 0 Å². The molecule has 1 aliphatic heterocycles. The number of rotatable bonds is 3. The van der Waals surface area contributed by atoms with Gasteiger partial charge in [-0.1, -0.05) is 6.08 Å².